The molecule has 0 amide bonds. The molecule has 2 aromatic heterocycles. The number of fused-ring (bicyclic) bond motifs is 1. The summed E-state index contributed by atoms with van der Waals surface area (Å²) in [7, 11) is 0. The van der Waals surface area contributed by atoms with Crippen LogP contribution in [0.3, 0.4) is 0 Å². The molecule has 5 heteroatoms. The van der Waals surface area contributed by atoms with E-state index in [1.54, 1.807) is 0 Å². The van der Waals surface area contributed by atoms with Gasteiger partial charge in [-0.05, 0) is 44.7 Å². The highest BCUT2D eigenvalue weighted by Crippen LogP contribution is 2.34. The molecule has 1 aliphatic heterocycles. The molecule has 0 N–H and O–H groups in total. The standard InChI is InChI=1S/C19H27N3O2/c1-3-23-12-16-9-21(10-17-7-4-14(2)24-17)11-18-19(16)22(13-20-18)8-15-5-6-15/h4,7,13,15-16H,3,5-6,8-12H2,1-2H3. The van der Waals surface area contributed by atoms with Gasteiger partial charge in [-0.15, -0.1) is 0 Å². The van der Waals surface area contributed by atoms with E-state index < -0.39 is 0 Å². The van der Waals surface area contributed by atoms with Crippen molar-refractivity contribution in [2.24, 2.45) is 5.92 Å². The van der Waals surface area contributed by atoms with Crippen molar-refractivity contribution in [3.63, 3.8) is 0 Å². The fourth-order valence-corrected chi connectivity index (χ4v) is 3.73. The maximum absolute atomic E-state index is 5.79. The lowest BCUT2D eigenvalue weighted by Crippen LogP contribution is -2.36. The summed E-state index contributed by atoms with van der Waals surface area (Å²) in [6.07, 6.45) is 4.78. The smallest absolute Gasteiger partial charge is 0.118 e. The largest absolute Gasteiger partial charge is 0.465 e. The number of nitrogens with zero attached hydrogens (tertiary/aromatic N) is 3. The van der Waals surface area contributed by atoms with Gasteiger partial charge in [-0.1, -0.05) is 0 Å². The molecule has 3 heterocycles. The lowest BCUT2D eigenvalue weighted by molar-refractivity contribution is 0.0992. The van der Waals surface area contributed by atoms with Crippen LogP contribution in [0.2, 0.25) is 0 Å². The fraction of sp³-hybridized carbons (Fsp3) is 0.632. The third-order valence-electron chi connectivity index (χ3n) is 5.05. The van der Waals surface area contributed by atoms with Crippen LogP contribution < -0.4 is 0 Å². The predicted molar refractivity (Wildman–Crippen MR) is 91.7 cm³/mol. The number of imidazole rings is 1. The van der Waals surface area contributed by atoms with Crippen LogP contribution in [0.1, 0.15) is 48.6 Å². The van der Waals surface area contributed by atoms with E-state index in [0.29, 0.717) is 5.92 Å². The van der Waals surface area contributed by atoms with E-state index in [2.05, 4.69) is 22.5 Å². The Hall–Kier alpha value is -1.59. The van der Waals surface area contributed by atoms with E-state index in [1.807, 2.05) is 19.3 Å². The van der Waals surface area contributed by atoms with Crippen LogP contribution >= 0.6 is 0 Å². The maximum Gasteiger partial charge on any atom is 0.118 e. The quantitative estimate of drug-likeness (QED) is 0.781. The summed E-state index contributed by atoms with van der Waals surface area (Å²) in [6.45, 7) is 9.46. The minimum absolute atomic E-state index is 0.394. The molecule has 24 heavy (non-hydrogen) atoms. The van der Waals surface area contributed by atoms with Gasteiger partial charge in [0, 0.05) is 37.9 Å². The molecule has 130 valence electrons. The molecular weight excluding hydrogens is 302 g/mol. The Balaban J connectivity index is 1.53. The number of hydrogen-bond donors (Lipinski definition) is 0. The molecule has 5 nitrogen and oxygen atoms in total. The second-order valence-electron chi connectivity index (χ2n) is 7.21. The number of ether oxygens (including phenoxy) is 1. The van der Waals surface area contributed by atoms with Crippen molar-refractivity contribution < 1.29 is 9.15 Å². The molecule has 0 bridgehead atoms. The highest BCUT2D eigenvalue weighted by atomic mass is 16.5. The van der Waals surface area contributed by atoms with Crippen LogP contribution in [-0.4, -0.2) is 34.2 Å². The lowest BCUT2D eigenvalue weighted by atomic mass is 9.98. The van der Waals surface area contributed by atoms with Crippen molar-refractivity contribution in [2.75, 3.05) is 19.8 Å². The summed E-state index contributed by atoms with van der Waals surface area (Å²) in [4.78, 5) is 7.16. The Morgan fingerprint density at radius 1 is 1.33 bits per heavy atom. The molecular formula is C19H27N3O2. The first-order chi connectivity index (χ1) is 11.7. The van der Waals surface area contributed by atoms with Gasteiger partial charge in [-0.3, -0.25) is 4.90 Å². The highest BCUT2D eigenvalue weighted by molar-refractivity contribution is 5.23. The first-order valence-corrected chi connectivity index (χ1v) is 9.12. The van der Waals surface area contributed by atoms with Crippen molar-refractivity contribution >= 4 is 0 Å². The van der Waals surface area contributed by atoms with Gasteiger partial charge in [0.25, 0.3) is 0 Å². The van der Waals surface area contributed by atoms with Gasteiger partial charge in [-0.2, -0.15) is 0 Å². The number of rotatable bonds is 7. The van der Waals surface area contributed by atoms with E-state index in [0.717, 1.165) is 56.8 Å². The molecule has 2 aliphatic rings. The fourth-order valence-electron chi connectivity index (χ4n) is 3.73. The van der Waals surface area contributed by atoms with Gasteiger partial charge in [0.15, 0.2) is 0 Å². The Morgan fingerprint density at radius 3 is 2.92 bits per heavy atom. The SMILES string of the molecule is CCOCC1CN(Cc2ccc(C)o2)Cc2ncn(CC3CC3)c21. The number of hydrogen-bond acceptors (Lipinski definition) is 4. The van der Waals surface area contributed by atoms with Gasteiger partial charge in [-0.25, -0.2) is 4.98 Å². The Bertz CT molecular complexity index is 687. The third-order valence-corrected chi connectivity index (χ3v) is 5.05. The first-order valence-electron chi connectivity index (χ1n) is 9.12. The zero-order valence-corrected chi connectivity index (χ0v) is 14.7. The molecule has 1 aliphatic carbocycles. The van der Waals surface area contributed by atoms with Crippen LogP contribution in [0.25, 0.3) is 0 Å². The molecule has 0 saturated heterocycles. The van der Waals surface area contributed by atoms with Crippen LogP contribution in [0, 0.1) is 12.8 Å². The van der Waals surface area contributed by atoms with Gasteiger partial charge in [0.1, 0.15) is 11.5 Å². The summed E-state index contributed by atoms with van der Waals surface area (Å²) < 4.78 is 13.9. The van der Waals surface area contributed by atoms with Crippen LogP contribution in [0.15, 0.2) is 22.9 Å². The average molecular weight is 329 g/mol. The summed E-state index contributed by atoms with van der Waals surface area (Å²) in [5.74, 6) is 3.26. The average Bonchev–Trinajstić information content (AvgIpc) is 3.16. The Kier molecular flexibility index (Phi) is 4.46. The molecule has 1 atom stereocenters. The van der Waals surface area contributed by atoms with E-state index in [9.17, 15) is 0 Å². The summed E-state index contributed by atoms with van der Waals surface area (Å²) in [6, 6.07) is 4.11. The number of aromatic nitrogens is 2. The lowest BCUT2D eigenvalue weighted by Gasteiger charge is -2.32. The summed E-state index contributed by atoms with van der Waals surface area (Å²) in [5, 5.41) is 0. The molecule has 2 aromatic rings. The van der Waals surface area contributed by atoms with Gasteiger partial charge in [0.05, 0.1) is 25.2 Å². The van der Waals surface area contributed by atoms with Crippen LogP contribution in [0.4, 0.5) is 0 Å². The monoisotopic (exact) mass is 329 g/mol. The Morgan fingerprint density at radius 2 is 2.21 bits per heavy atom. The van der Waals surface area contributed by atoms with Gasteiger partial charge >= 0.3 is 0 Å². The maximum atomic E-state index is 5.79. The zero-order chi connectivity index (χ0) is 16.5. The van der Waals surface area contributed by atoms with Gasteiger partial charge in [0.2, 0.25) is 0 Å². The molecule has 4 rings (SSSR count). The van der Waals surface area contributed by atoms with E-state index in [1.165, 1.54) is 24.2 Å². The molecule has 1 saturated carbocycles. The number of aryl methyl sites for hydroxylation is 1. The summed E-state index contributed by atoms with van der Waals surface area (Å²) >= 11 is 0. The van der Waals surface area contributed by atoms with E-state index in [4.69, 9.17) is 14.1 Å². The van der Waals surface area contributed by atoms with Crippen LogP contribution in [-0.2, 0) is 24.4 Å². The normalized spacial score (nSPS) is 21.2. The molecule has 0 aromatic carbocycles. The zero-order valence-electron chi connectivity index (χ0n) is 14.7. The predicted octanol–water partition coefficient (Wildman–Crippen LogP) is 3.33. The van der Waals surface area contributed by atoms with E-state index in [-0.39, 0.29) is 0 Å². The second kappa shape index (κ2) is 6.73. The Labute approximate surface area is 143 Å². The van der Waals surface area contributed by atoms with Crippen molar-refractivity contribution in [1.29, 1.82) is 0 Å². The molecule has 0 radical (unpaired) electrons. The van der Waals surface area contributed by atoms with Gasteiger partial charge < -0.3 is 13.7 Å². The van der Waals surface area contributed by atoms with Crippen molar-refractivity contribution in [1.82, 2.24) is 14.5 Å². The van der Waals surface area contributed by atoms with Crippen molar-refractivity contribution in [3.05, 3.63) is 41.4 Å². The first kappa shape index (κ1) is 15.9. The molecule has 1 unspecified atom stereocenters. The minimum atomic E-state index is 0.394. The van der Waals surface area contributed by atoms with Crippen molar-refractivity contribution in [2.45, 2.75) is 52.2 Å². The summed E-state index contributed by atoms with van der Waals surface area (Å²) in [5.41, 5.74) is 2.62. The third kappa shape index (κ3) is 3.42. The highest BCUT2D eigenvalue weighted by Gasteiger charge is 2.32. The topological polar surface area (TPSA) is 43.4 Å². The second-order valence-corrected chi connectivity index (χ2v) is 7.21. The van der Waals surface area contributed by atoms with Crippen LogP contribution in [0.5, 0.6) is 0 Å². The van der Waals surface area contributed by atoms with E-state index >= 15 is 0 Å². The molecule has 1 fully saturated rings. The number of furan rings is 1. The minimum Gasteiger partial charge on any atom is -0.465 e. The molecule has 0 spiro atoms. The van der Waals surface area contributed by atoms with Crippen molar-refractivity contribution in [3.8, 4) is 0 Å².